The van der Waals surface area contributed by atoms with Crippen LogP contribution in [0.2, 0.25) is 0 Å². The number of benzene rings is 2. The quantitative estimate of drug-likeness (QED) is 0.494. The van der Waals surface area contributed by atoms with Gasteiger partial charge in [0.05, 0.1) is 32.3 Å². The summed E-state index contributed by atoms with van der Waals surface area (Å²) in [7, 11) is 1.64. The van der Waals surface area contributed by atoms with E-state index in [2.05, 4.69) is 32.6 Å². The zero-order valence-electron chi connectivity index (χ0n) is 17.4. The molecule has 1 saturated heterocycles. The van der Waals surface area contributed by atoms with Crippen LogP contribution in [0, 0.1) is 0 Å². The fraction of sp³-hybridized carbons (Fsp3) is 0.304. The van der Waals surface area contributed by atoms with Gasteiger partial charge in [-0.3, -0.25) is 4.79 Å². The van der Waals surface area contributed by atoms with Crippen molar-refractivity contribution in [2.75, 3.05) is 20.2 Å². The SMILES string of the molecule is COc1ccc2[nH]c(=O)c([C@@H](c3nnnn3Cc3ccccc3)[NH+]3CCCC3)cc2c1. The Morgan fingerprint density at radius 1 is 1.13 bits per heavy atom. The van der Waals surface area contributed by atoms with Crippen molar-refractivity contribution in [3.63, 3.8) is 0 Å². The molecule has 8 nitrogen and oxygen atoms in total. The smallest absolute Gasteiger partial charge is 0.258 e. The number of H-pyrrole nitrogens is 1. The van der Waals surface area contributed by atoms with Crippen LogP contribution in [0.3, 0.4) is 0 Å². The van der Waals surface area contributed by atoms with Crippen LogP contribution in [0.25, 0.3) is 10.9 Å². The molecule has 1 fully saturated rings. The van der Waals surface area contributed by atoms with E-state index in [1.165, 1.54) is 4.90 Å². The van der Waals surface area contributed by atoms with Gasteiger partial charge in [0.2, 0.25) is 5.82 Å². The summed E-state index contributed by atoms with van der Waals surface area (Å²) in [4.78, 5) is 17.5. The molecular weight excluding hydrogens is 392 g/mol. The lowest BCUT2D eigenvalue weighted by Gasteiger charge is -2.23. The molecule has 1 aliphatic rings. The Hall–Kier alpha value is -3.52. The van der Waals surface area contributed by atoms with Crippen molar-refractivity contribution in [3.8, 4) is 5.75 Å². The van der Waals surface area contributed by atoms with E-state index in [9.17, 15) is 4.79 Å². The maximum atomic E-state index is 13.2. The highest BCUT2D eigenvalue weighted by molar-refractivity contribution is 5.80. The van der Waals surface area contributed by atoms with Crippen LogP contribution in [0.1, 0.15) is 35.8 Å². The van der Waals surface area contributed by atoms with E-state index in [-0.39, 0.29) is 11.6 Å². The molecule has 2 aromatic carbocycles. The lowest BCUT2D eigenvalue weighted by molar-refractivity contribution is -0.914. The van der Waals surface area contributed by atoms with Crippen molar-refractivity contribution in [2.24, 2.45) is 0 Å². The van der Waals surface area contributed by atoms with E-state index in [0.29, 0.717) is 17.9 Å². The third kappa shape index (κ3) is 3.82. The van der Waals surface area contributed by atoms with E-state index in [1.54, 1.807) is 7.11 Å². The fourth-order valence-electron chi connectivity index (χ4n) is 4.49. The van der Waals surface area contributed by atoms with Gasteiger partial charge >= 0.3 is 0 Å². The zero-order valence-corrected chi connectivity index (χ0v) is 17.4. The van der Waals surface area contributed by atoms with E-state index < -0.39 is 0 Å². The predicted octanol–water partition coefficient (Wildman–Crippen LogP) is 1.34. The first-order chi connectivity index (χ1) is 15.2. The number of hydrogen-bond acceptors (Lipinski definition) is 5. The van der Waals surface area contributed by atoms with E-state index in [1.807, 2.05) is 47.1 Å². The first kappa shape index (κ1) is 19.4. The minimum atomic E-state index is -0.236. The van der Waals surface area contributed by atoms with Gasteiger partial charge < -0.3 is 14.6 Å². The Labute approximate surface area is 179 Å². The van der Waals surface area contributed by atoms with Crippen molar-refractivity contribution in [2.45, 2.75) is 25.4 Å². The second-order valence-electron chi connectivity index (χ2n) is 7.99. The topological polar surface area (TPSA) is 90.1 Å². The number of hydrogen-bond donors (Lipinski definition) is 2. The maximum absolute atomic E-state index is 13.2. The van der Waals surface area contributed by atoms with E-state index >= 15 is 0 Å². The highest BCUT2D eigenvalue weighted by atomic mass is 16.5. The number of methoxy groups -OCH3 is 1. The minimum absolute atomic E-state index is 0.101. The summed E-state index contributed by atoms with van der Waals surface area (Å²) in [6.45, 7) is 2.53. The Morgan fingerprint density at radius 2 is 1.94 bits per heavy atom. The number of likely N-dealkylation sites (tertiary alicyclic amines) is 1. The summed E-state index contributed by atoms with van der Waals surface area (Å²) in [6, 6.07) is 17.5. The van der Waals surface area contributed by atoms with Crippen LogP contribution in [0.15, 0.2) is 59.4 Å². The van der Waals surface area contributed by atoms with Gasteiger partial charge in [0.15, 0.2) is 6.04 Å². The number of quaternary nitrogens is 1. The second kappa shape index (κ2) is 8.31. The zero-order chi connectivity index (χ0) is 21.2. The first-order valence-electron chi connectivity index (χ1n) is 10.6. The first-order valence-corrected chi connectivity index (χ1v) is 10.6. The predicted molar refractivity (Wildman–Crippen MR) is 116 cm³/mol. The highest BCUT2D eigenvalue weighted by Crippen LogP contribution is 2.23. The highest BCUT2D eigenvalue weighted by Gasteiger charge is 2.35. The molecule has 0 aliphatic carbocycles. The molecular formula is C23H25N6O2+. The monoisotopic (exact) mass is 417 g/mol. The number of rotatable bonds is 6. The lowest BCUT2D eigenvalue weighted by atomic mass is 10.0. The second-order valence-corrected chi connectivity index (χ2v) is 7.99. The normalized spacial score (nSPS) is 15.4. The minimum Gasteiger partial charge on any atom is -0.497 e. The third-order valence-corrected chi connectivity index (χ3v) is 6.04. The molecule has 2 aromatic heterocycles. The molecule has 8 heteroatoms. The van der Waals surface area contributed by atoms with Crippen LogP contribution in [-0.2, 0) is 6.54 Å². The molecule has 5 rings (SSSR count). The number of nitrogens with zero attached hydrogens (tertiary/aromatic N) is 4. The molecule has 0 bridgehead atoms. The molecule has 4 aromatic rings. The molecule has 0 spiro atoms. The standard InChI is InChI=1S/C23H24N6O2/c1-31-18-9-10-20-17(13-18)14-19(23(30)24-20)21(28-11-5-6-12-28)22-25-26-27-29(22)15-16-7-3-2-4-8-16/h2-4,7-10,13-14,21H,5-6,11-12,15H2,1H3,(H,24,30)/p+1/t21-/m0/s1. The molecule has 3 heterocycles. The van der Waals surface area contributed by atoms with Gasteiger partial charge in [-0.05, 0) is 40.3 Å². The summed E-state index contributed by atoms with van der Waals surface area (Å²) in [5, 5.41) is 13.6. The molecule has 0 amide bonds. The van der Waals surface area contributed by atoms with Crippen molar-refractivity contribution in [1.82, 2.24) is 25.2 Å². The Bertz CT molecular complexity index is 1240. The molecule has 31 heavy (non-hydrogen) atoms. The van der Waals surface area contributed by atoms with Gasteiger partial charge in [0.1, 0.15) is 5.75 Å². The summed E-state index contributed by atoms with van der Waals surface area (Å²) in [6.07, 6.45) is 2.26. The van der Waals surface area contributed by atoms with Crippen molar-refractivity contribution >= 4 is 10.9 Å². The summed E-state index contributed by atoms with van der Waals surface area (Å²) < 4.78 is 7.20. The molecule has 0 radical (unpaired) electrons. The third-order valence-electron chi connectivity index (χ3n) is 6.04. The van der Waals surface area contributed by atoms with Crippen LogP contribution >= 0.6 is 0 Å². The van der Waals surface area contributed by atoms with Crippen molar-refractivity contribution in [3.05, 3.63) is 81.9 Å². The van der Waals surface area contributed by atoms with Gasteiger partial charge in [0.25, 0.3) is 5.56 Å². The molecule has 1 aliphatic heterocycles. The van der Waals surface area contributed by atoms with Gasteiger partial charge in [-0.2, -0.15) is 0 Å². The Kier molecular flexibility index (Phi) is 5.21. The molecule has 0 unspecified atom stereocenters. The maximum Gasteiger partial charge on any atom is 0.258 e. The fourth-order valence-corrected chi connectivity index (χ4v) is 4.49. The molecule has 2 N–H and O–H groups in total. The van der Waals surface area contributed by atoms with Gasteiger partial charge in [-0.1, -0.05) is 30.3 Å². The van der Waals surface area contributed by atoms with Gasteiger partial charge in [-0.25, -0.2) is 4.68 Å². The van der Waals surface area contributed by atoms with Crippen LogP contribution < -0.4 is 15.2 Å². The van der Waals surface area contributed by atoms with E-state index in [0.717, 1.165) is 48.1 Å². The number of aromatic amines is 1. The summed E-state index contributed by atoms with van der Waals surface area (Å²) >= 11 is 0. The van der Waals surface area contributed by atoms with Crippen molar-refractivity contribution < 1.29 is 9.64 Å². The number of aromatic nitrogens is 5. The van der Waals surface area contributed by atoms with Gasteiger partial charge in [0, 0.05) is 23.7 Å². The molecule has 1 atom stereocenters. The Balaban J connectivity index is 1.62. The molecule has 158 valence electrons. The van der Waals surface area contributed by atoms with Crippen LogP contribution in [0.5, 0.6) is 5.75 Å². The number of tetrazole rings is 1. The average molecular weight is 417 g/mol. The largest absolute Gasteiger partial charge is 0.497 e. The molecule has 0 saturated carbocycles. The lowest BCUT2D eigenvalue weighted by Crippen LogP contribution is -3.10. The Morgan fingerprint density at radius 3 is 2.71 bits per heavy atom. The number of pyridine rings is 1. The van der Waals surface area contributed by atoms with Crippen LogP contribution in [0.4, 0.5) is 0 Å². The van der Waals surface area contributed by atoms with Gasteiger partial charge in [-0.15, -0.1) is 5.10 Å². The number of fused-ring (bicyclic) bond motifs is 1. The number of ether oxygens (including phenoxy) is 1. The van der Waals surface area contributed by atoms with E-state index in [4.69, 9.17) is 4.74 Å². The summed E-state index contributed by atoms with van der Waals surface area (Å²) in [5.41, 5.74) is 2.48. The number of nitrogens with one attached hydrogen (secondary N) is 2. The van der Waals surface area contributed by atoms with Crippen LogP contribution in [-0.4, -0.2) is 45.4 Å². The summed E-state index contributed by atoms with van der Waals surface area (Å²) in [5.74, 6) is 1.47. The average Bonchev–Trinajstić information content (AvgIpc) is 3.48. The van der Waals surface area contributed by atoms with Crippen molar-refractivity contribution in [1.29, 1.82) is 0 Å².